The van der Waals surface area contributed by atoms with Crippen LogP contribution in [0.3, 0.4) is 0 Å². The van der Waals surface area contributed by atoms with Gasteiger partial charge in [0.25, 0.3) is 0 Å². The smallest absolute Gasteiger partial charge is 0.417 e. The Morgan fingerprint density at radius 2 is 0.828 bits per heavy atom. The van der Waals surface area contributed by atoms with Crippen molar-refractivity contribution in [3.05, 3.63) is 362 Å². The van der Waals surface area contributed by atoms with Crippen LogP contribution in [0.2, 0.25) is 0 Å². The van der Waals surface area contributed by atoms with Crippen molar-refractivity contribution in [2.24, 2.45) is 0 Å². The summed E-state index contributed by atoms with van der Waals surface area (Å²) in [6.07, 6.45) is 4.69. The van der Waals surface area contributed by atoms with E-state index in [0.717, 1.165) is 84.7 Å². The van der Waals surface area contributed by atoms with Crippen LogP contribution < -0.4 is 4.74 Å². The van der Waals surface area contributed by atoms with E-state index in [1.807, 2.05) is 164 Å². The van der Waals surface area contributed by atoms with Crippen LogP contribution in [-0.4, -0.2) is 32.0 Å². The van der Waals surface area contributed by atoms with Gasteiger partial charge in [-0.25, -0.2) is 0 Å². The molecule has 14 aromatic rings. The van der Waals surface area contributed by atoms with E-state index in [4.69, 9.17) is 4.74 Å². The first-order valence-electron chi connectivity index (χ1n) is 30.9. The van der Waals surface area contributed by atoms with E-state index in [2.05, 4.69) is 175 Å². The van der Waals surface area contributed by atoms with Gasteiger partial charge in [-0.1, -0.05) is 153 Å². The van der Waals surface area contributed by atoms with Crippen LogP contribution in [0.1, 0.15) is 33.4 Å². The van der Waals surface area contributed by atoms with Crippen molar-refractivity contribution in [1.82, 2.24) is 24.9 Å². The molecule has 0 fully saturated rings. The topological polar surface area (TPSA) is 73.7 Å². The number of halogens is 3. The Balaban J connectivity index is 0.000000195. The third-order valence-electron chi connectivity index (χ3n) is 15.3. The number of alkyl halides is 3. The number of pyridine rings is 5. The zero-order valence-corrected chi connectivity index (χ0v) is 64.5. The molecule has 0 unspecified atom stereocenters. The first kappa shape index (κ1) is 78.9. The molecular formula is C86H67F3Ir4N5O-5. The summed E-state index contributed by atoms with van der Waals surface area (Å²) in [5, 5.41) is 0. The quantitative estimate of drug-likeness (QED) is 0.127. The second kappa shape index (κ2) is 39.5. The van der Waals surface area contributed by atoms with Gasteiger partial charge >= 0.3 is 6.18 Å². The Morgan fingerprint density at radius 1 is 0.333 bits per heavy atom. The summed E-state index contributed by atoms with van der Waals surface area (Å²) in [5.74, 6) is 0.855. The molecule has 0 bridgehead atoms. The van der Waals surface area contributed by atoms with Gasteiger partial charge in [0, 0.05) is 128 Å². The van der Waals surface area contributed by atoms with E-state index in [1.54, 1.807) is 31.4 Å². The molecule has 0 atom stereocenters. The molecule has 0 saturated heterocycles. The standard InChI is InChI=1S/C20H18N.C18H11F3N.C18H14NO.C18H14N.C12H10N.4Ir/c1-14-9-15(2)11-18(10-14)20-12-16(3)19(13-21-20)17-7-5-4-6-8-17;19-18(20,21)16-9-5-4-8-15(16)14-10-11-22-17(12-14)13-6-2-1-3-7-13;1-20-18-10-6-5-9-16(18)15-11-12-17(19-13-15)14-7-3-2-4-8-14;1-14-7-5-6-10-17(14)16-11-12-18(19-13-16)15-8-3-2-4-9-15;1-10-6-5-9-13-12(10)11-7-3-2-4-8-11;;;;/h4-10,12-13H,1-3H3;1-6,8-12H;2-7,9-13H,1H3;2-8,10-13H,1H3;2-7,9H,1H3;;;;/q5*-1;;;;. The number of hydrogen-bond donors (Lipinski definition) is 0. The molecule has 0 aliphatic rings. The second-order valence-electron chi connectivity index (χ2n) is 22.1. The predicted octanol–water partition coefficient (Wildman–Crippen LogP) is 22.0. The predicted molar refractivity (Wildman–Crippen MR) is 380 cm³/mol. The summed E-state index contributed by atoms with van der Waals surface area (Å²) in [6.45, 7) is 10.5. The molecule has 5 aromatic heterocycles. The molecule has 4 radical (unpaired) electrons. The minimum absolute atomic E-state index is 0. The van der Waals surface area contributed by atoms with E-state index in [9.17, 15) is 13.2 Å². The normalized spacial score (nSPS) is 10.2. The van der Waals surface area contributed by atoms with Gasteiger partial charge < -0.3 is 29.7 Å². The van der Waals surface area contributed by atoms with Gasteiger partial charge in [0.1, 0.15) is 5.75 Å². The first-order chi connectivity index (χ1) is 46.3. The molecule has 0 N–H and O–H groups in total. The molecule has 99 heavy (non-hydrogen) atoms. The minimum Gasteiger partial charge on any atom is -0.496 e. The molecule has 14 rings (SSSR count). The minimum atomic E-state index is -4.39. The third-order valence-corrected chi connectivity index (χ3v) is 15.3. The number of rotatable bonds is 10. The second-order valence-corrected chi connectivity index (χ2v) is 22.1. The van der Waals surface area contributed by atoms with Gasteiger partial charge in [0.05, 0.1) is 12.7 Å². The number of nitrogens with zero attached hydrogens (tertiary/aromatic N) is 5. The number of aromatic nitrogens is 5. The Kier molecular flexibility index (Phi) is 31.5. The van der Waals surface area contributed by atoms with Crippen LogP contribution in [0.25, 0.3) is 101 Å². The van der Waals surface area contributed by atoms with Crippen molar-refractivity contribution >= 4 is 0 Å². The Morgan fingerprint density at radius 3 is 1.35 bits per heavy atom. The summed E-state index contributed by atoms with van der Waals surface area (Å²) in [5.41, 5.74) is 22.3. The monoisotopic (exact) mass is 2010 g/mol. The van der Waals surface area contributed by atoms with Gasteiger partial charge in [0.15, 0.2) is 0 Å². The number of hydrogen-bond acceptors (Lipinski definition) is 6. The maximum absolute atomic E-state index is 13.1. The van der Waals surface area contributed by atoms with E-state index in [1.165, 1.54) is 57.3 Å². The molecule has 0 aliphatic heterocycles. The van der Waals surface area contributed by atoms with Crippen molar-refractivity contribution in [3.8, 4) is 107 Å². The van der Waals surface area contributed by atoms with Crippen LogP contribution in [0.5, 0.6) is 5.75 Å². The van der Waals surface area contributed by atoms with E-state index >= 15 is 0 Å². The van der Waals surface area contributed by atoms with E-state index < -0.39 is 11.7 Å². The summed E-state index contributed by atoms with van der Waals surface area (Å²) >= 11 is 0. The average molecular weight is 2010 g/mol. The van der Waals surface area contributed by atoms with Crippen molar-refractivity contribution in [2.75, 3.05) is 7.11 Å². The fourth-order valence-corrected chi connectivity index (χ4v) is 10.6. The number of para-hydroxylation sites is 1. The molecule has 0 spiro atoms. The van der Waals surface area contributed by atoms with Crippen LogP contribution in [0, 0.1) is 65.0 Å². The van der Waals surface area contributed by atoms with E-state index in [-0.39, 0.29) is 86.0 Å². The Bertz CT molecular complexity index is 4710. The van der Waals surface area contributed by atoms with Gasteiger partial charge in [-0.3, -0.25) is 0 Å². The van der Waals surface area contributed by atoms with E-state index in [0.29, 0.717) is 11.3 Å². The molecule has 13 heteroatoms. The largest absolute Gasteiger partial charge is 0.496 e. The zero-order chi connectivity index (χ0) is 66.4. The van der Waals surface area contributed by atoms with Crippen LogP contribution in [0.4, 0.5) is 13.2 Å². The Labute approximate surface area is 633 Å². The van der Waals surface area contributed by atoms with Crippen LogP contribution in [-0.2, 0) is 86.6 Å². The molecule has 504 valence electrons. The van der Waals surface area contributed by atoms with Gasteiger partial charge in [0.2, 0.25) is 0 Å². The Hall–Kier alpha value is -9.08. The maximum Gasteiger partial charge on any atom is 0.417 e. The number of benzene rings is 9. The van der Waals surface area contributed by atoms with Crippen LogP contribution >= 0.6 is 0 Å². The molecule has 6 nitrogen and oxygen atoms in total. The van der Waals surface area contributed by atoms with Gasteiger partial charge in [-0.05, 0) is 112 Å². The molecule has 5 heterocycles. The zero-order valence-electron chi connectivity index (χ0n) is 54.9. The van der Waals surface area contributed by atoms with Crippen molar-refractivity contribution in [2.45, 2.75) is 40.8 Å². The molecule has 9 aromatic carbocycles. The van der Waals surface area contributed by atoms with Gasteiger partial charge in [-0.2, -0.15) is 13.2 Å². The molecule has 0 saturated carbocycles. The average Bonchev–Trinajstić information content (AvgIpc) is 0.821. The number of aryl methyl sites for hydroxylation is 5. The summed E-state index contributed by atoms with van der Waals surface area (Å²) in [4.78, 5) is 22.2. The number of ether oxygens (including phenoxy) is 1. The summed E-state index contributed by atoms with van der Waals surface area (Å²) in [7, 11) is 1.68. The first-order valence-corrected chi connectivity index (χ1v) is 30.9. The van der Waals surface area contributed by atoms with Crippen LogP contribution in [0.15, 0.2) is 298 Å². The fourth-order valence-electron chi connectivity index (χ4n) is 10.6. The van der Waals surface area contributed by atoms with Gasteiger partial charge in [-0.15, -0.1) is 178 Å². The molecule has 0 aliphatic carbocycles. The number of methoxy groups -OCH3 is 1. The fraction of sp³-hybridized carbons (Fsp3) is 0.0814. The molecule has 0 amide bonds. The third kappa shape index (κ3) is 22.2. The summed E-state index contributed by atoms with van der Waals surface area (Å²) < 4.78 is 44.8. The van der Waals surface area contributed by atoms with Crippen molar-refractivity contribution in [3.63, 3.8) is 0 Å². The van der Waals surface area contributed by atoms with Crippen molar-refractivity contribution < 1.29 is 98.3 Å². The molecular weight excluding hydrogens is 1940 g/mol. The summed E-state index contributed by atoms with van der Waals surface area (Å²) in [6, 6.07) is 101. The maximum atomic E-state index is 13.1. The van der Waals surface area contributed by atoms with Crippen molar-refractivity contribution in [1.29, 1.82) is 0 Å². The SMILES string of the molecule is COc1ccccc1-c1ccc(-c2[c-]cccc2)nc1.Cc1[c-]c(-c2cc(C)c(-c3ccccc3)cn2)cc(C)c1.Cc1ccccc1-c1ccc(-c2[c-]cccc2)nc1.Cc1cccnc1-c1[c-]cccc1.FC(F)(F)c1ccccc1-c1ccnc(-c2[c-]cccc2)c1.[Ir].[Ir].[Ir].[Ir].